The molecule has 0 saturated carbocycles. The molecular weight excluding hydrogens is 284 g/mol. The third-order valence-electron chi connectivity index (χ3n) is 2.61. The number of nitrogens with one attached hydrogen (secondary N) is 1. The van der Waals surface area contributed by atoms with Gasteiger partial charge in [-0.3, -0.25) is 14.3 Å². The molecule has 0 aliphatic carbocycles. The molecule has 2 aromatic heterocycles. The summed E-state index contributed by atoms with van der Waals surface area (Å²) in [6, 6.07) is 0. The lowest BCUT2D eigenvalue weighted by molar-refractivity contribution is -0.141. The number of aryl methyl sites for hydroxylation is 1. The molecule has 1 N–H and O–H groups in total. The van der Waals surface area contributed by atoms with Crippen LogP contribution in [0.2, 0.25) is 0 Å². The molecular formula is C11H14N4O4S. The van der Waals surface area contributed by atoms with Gasteiger partial charge < -0.3 is 9.57 Å². The zero-order valence-corrected chi connectivity index (χ0v) is 11.9. The highest BCUT2D eigenvalue weighted by Crippen LogP contribution is 2.09. The number of nitrogens with zero attached hydrogens (tertiary/aromatic N) is 3. The van der Waals surface area contributed by atoms with Gasteiger partial charge in [-0.1, -0.05) is 0 Å². The second kappa shape index (κ2) is 5.97. The Morgan fingerprint density at radius 2 is 2.30 bits per heavy atom. The van der Waals surface area contributed by atoms with Crippen LogP contribution < -0.4 is 10.4 Å². The standard InChI is InChI=1S/C11H14N4O4S/c1-7(16)19-15-6-12-8-9(17)13-11(20)14(10(8)15)4-3-5-18-2/h6H,3-5H2,1-2H3,(H,13,17,20). The number of hydrogen-bond donors (Lipinski definition) is 1. The molecule has 0 radical (unpaired) electrons. The highest BCUT2D eigenvalue weighted by molar-refractivity contribution is 7.71. The number of carbonyl (C=O) groups is 1. The second-order valence-corrected chi connectivity index (χ2v) is 4.47. The molecule has 2 aromatic rings. The zero-order valence-electron chi connectivity index (χ0n) is 11.1. The summed E-state index contributed by atoms with van der Waals surface area (Å²) in [5.74, 6) is -0.515. The Morgan fingerprint density at radius 1 is 1.55 bits per heavy atom. The Morgan fingerprint density at radius 3 is 2.95 bits per heavy atom. The molecule has 108 valence electrons. The quantitative estimate of drug-likeness (QED) is 0.629. The first kappa shape index (κ1) is 14.4. The van der Waals surface area contributed by atoms with Gasteiger partial charge in [0.2, 0.25) is 0 Å². The van der Waals surface area contributed by atoms with Crippen molar-refractivity contribution >= 4 is 29.4 Å². The van der Waals surface area contributed by atoms with Gasteiger partial charge in [0.25, 0.3) is 5.56 Å². The number of methoxy groups -OCH3 is 1. The van der Waals surface area contributed by atoms with Crippen LogP contribution in [0.3, 0.4) is 0 Å². The van der Waals surface area contributed by atoms with Crippen molar-refractivity contribution in [2.45, 2.75) is 19.9 Å². The van der Waals surface area contributed by atoms with Crippen molar-refractivity contribution in [2.75, 3.05) is 13.7 Å². The van der Waals surface area contributed by atoms with Crippen LogP contribution in [-0.2, 0) is 16.1 Å². The van der Waals surface area contributed by atoms with E-state index in [4.69, 9.17) is 21.8 Å². The molecule has 0 aromatic carbocycles. The fraction of sp³-hybridized carbons (Fsp3) is 0.455. The third-order valence-corrected chi connectivity index (χ3v) is 2.93. The highest BCUT2D eigenvalue weighted by atomic mass is 32.1. The fourth-order valence-electron chi connectivity index (χ4n) is 1.83. The van der Waals surface area contributed by atoms with E-state index in [0.29, 0.717) is 25.2 Å². The van der Waals surface area contributed by atoms with Gasteiger partial charge in [0.1, 0.15) is 6.33 Å². The van der Waals surface area contributed by atoms with Gasteiger partial charge in [-0.25, -0.2) is 9.78 Å². The van der Waals surface area contributed by atoms with Crippen molar-refractivity contribution < 1.29 is 14.4 Å². The van der Waals surface area contributed by atoms with E-state index in [0.717, 1.165) is 4.73 Å². The highest BCUT2D eigenvalue weighted by Gasteiger charge is 2.14. The van der Waals surface area contributed by atoms with Crippen LogP contribution in [0.1, 0.15) is 13.3 Å². The average molecular weight is 298 g/mol. The summed E-state index contributed by atoms with van der Waals surface area (Å²) < 4.78 is 8.03. The van der Waals surface area contributed by atoms with Crippen LogP contribution in [0.4, 0.5) is 0 Å². The van der Waals surface area contributed by atoms with Crippen molar-refractivity contribution in [3.05, 3.63) is 21.5 Å². The van der Waals surface area contributed by atoms with Gasteiger partial charge in [-0.15, -0.1) is 4.73 Å². The third kappa shape index (κ3) is 2.78. The van der Waals surface area contributed by atoms with Crippen LogP contribution in [0.5, 0.6) is 0 Å². The number of aromatic amines is 1. The van der Waals surface area contributed by atoms with Crippen LogP contribution >= 0.6 is 12.2 Å². The van der Waals surface area contributed by atoms with E-state index in [2.05, 4.69) is 9.97 Å². The van der Waals surface area contributed by atoms with Gasteiger partial charge in [-0.05, 0) is 18.6 Å². The SMILES string of the molecule is COCCCn1c(=S)[nH]c(=O)c2ncn(OC(C)=O)c21. The smallest absolute Gasteiger partial charge is 0.330 e. The summed E-state index contributed by atoms with van der Waals surface area (Å²) in [6.07, 6.45) is 1.96. The van der Waals surface area contributed by atoms with Gasteiger partial charge in [-0.2, -0.15) is 0 Å². The van der Waals surface area contributed by atoms with Gasteiger partial charge in [0.05, 0.1) is 0 Å². The number of H-pyrrole nitrogens is 1. The number of carbonyl (C=O) groups excluding carboxylic acids is 1. The lowest BCUT2D eigenvalue weighted by atomic mass is 10.4. The Balaban J connectivity index is 2.58. The molecule has 0 atom stereocenters. The number of hydrogen-bond acceptors (Lipinski definition) is 6. The van der Waals surface area contributed by atoms with Crippen LogP contribution in [-0.4, -0.2) is 39.0 Å². The van der Waals surface area contributed by atoms with Crippen LogP contribution in [0.25, 0.3) is 11.2 Å². The van der Waals surface area contributed by atoms with E-state index in [1.165, 1.54) is 13.3 Å². The number of imidazole rings is 1. The van der Waals surface area contributed by atoms with Gasteiger partial charge in [0.15, 0.2) is 15.9 Å². The summed E-state index contributed by atoms with van der Waals surface area (Å²) in [7, 11) is 1.60. The minimum absolute atomic E-state index is 0.164. The zero-order chi connectivity index (χ0) is 14.7. The summed E-state index contributed by atoms with van der Waals surface area (Å²) >= 11 is 5.14. The van der Waals surface area contributed by atoms with E-state index < -0.39 is 11.5 Å². The molecule has 0 fully saturated rings. The van der Waals surface area contributed by atoms with E-state index in [1.807, 2.05) is 0 Å². The van der Waals surface area contributed by atoms with Crippen molar-refractivity contribution in [3.63, 3.8) is 0 Å². The van der Waals surface area contributed by atoms with E-state index in [9.17, 15) is 9.59 Å². The first-order valence-corrected chi connectivity index (χ1v) is 6.33. The lowest BCUT2D eigenvalue weighted by Gasteiger charge is -2.10. The molecule has 9 heteroatoms. The summed E-state index contributed by atoms with van der Waals surface area (Å²) in [5, 5.41) is 0. The van der Waals surface area contributed by atoms with Gasteiger partial charge in [0, 0.05) is 27.2 Å². The van der Waals surface area contributed by atoms with E-state index >= 15 is 0 Å². The molecule has 2 rings (SSSR count). The normalized spacial score (nSPS) is 10.9. The summed E-state index contributed by atoms with van der Waals surface area (Å²) in [5.41, 5.74) is 0.0983. The van der Waals surface area contributed by atoms with Crippen molar-refractivity contribution in [1.82, 2.24) is 19.3 Å². The first-order chi connectivity index (χ1) is 9.54. The molecule has 0 unspecified atom stereocenters. The van der Waals surface area contributed by atoms with Crippen LogP contribution in [0, 0.1) is 4.77 Å². The molecule has 0 spiro atoms. The molecule has 0 aliphatic rings. The fourth-order valence-corrected chi connectivity index (χ4v) is 2.10. The van der Waals surface area contributed by atoms with Crippen LogP contribution in [0.15, 0.2) is 11.1 Å². The monoisotopic (exact) mass is 298 g/mol. The van der Waals surface area contributed by atoms with Crippen molar-refractivity contribution in [1.29, 1.82) is 0 Å². The molecule has 2 heterocycles. The molecule has 8 nitrogen and oxygen atoms in total. The lowest BCUT2D eigenvalue weighted by Crippen LogP contribution is -2.21. The predicted molar refractivity (Wildman–Crippen MR) is 72.9 cm³/mol. The minimum Gasteiger partial charge on any atom is -0.385 e. The molecule has 0 aliphatic heterocycles. The molecule has 0 saturated heterocycles. The Labute approximate surface area is 118 Å². The van der Waals surface area contributed by atoms with Crippen molar-refractivity contribution in [3.8, 4) is 0 Å². The largest absolute Gasteiger partial charge is 0.385 e. The molecule has 0 bridgehead atoms. The predicted octanol–water partition coefficient (Wildman–Crippen LogP) is 0.267. The molecule has 0 amide bonds. The molecule has 20 heavy (non-hydrogen) atoms. The number of rotatable bonds is 5. The second-order valence-electron chi connectivity index (χ2n) is 4.08. The van der Waals surface area contributed by atoms with Gasteiger partial charge >= 0.3 is 5.97 Å². The Bertz CT molecular complexity index is 745. The summed E-state index contributed by atoms with van der Waals surface area (Å²) in [4.78, 5) is 34.4. The maximum Gasteiger partial charge on any atom is 0.330 e. The maximum absolute atomic E-state index is 11.8. The Kier molecular flexibility index (Phi) is 4.30. The maximum atomic E-state index is 11.8. The Hall–Kier alpha value is -2.00. The van der Waals surface area contributed by atoms with E-state index in [-0.39, 0.29) is 10.3 Å². The van der Waals surface area contributed by atoms with E-state index in [1.54, 1.807) is 11.7 Å². The average Bonchev–Trinajstić information content (AvgIpc) is 2.77. The van der Waals surface area contributed by atoms with Crippen molar-refractivity contribution in [2.24, 2.45) is 0 Å². The summed E-state index contributed by atoms with van der Waals surface area (Å²) in [6.45, 7) is 2.32. The number of ether oxygens (including phenoxy) is 1. The topological polar surface area (TPSA) is 91.1 Å². The number of aromatic nitrogens is 4. The number of fused-ring (bicyclic) bond motifs is 1. The first-order valence-electron chi connectivity index (χ1n) is 5.92. The minimum atomic E-state index is -0.515.